The summed E-state index contributed by atoms with van der Waals surface area (Å²) < 4.78 is 0. The highest BCUT2D eigenvalue weighted by atomic mass is 32.1. The molecule has 1 atom stereocenters. The van der Waals surface area contributed by atoms with Crippen molar-refractivity contribution in [1.82, 2.24) is 10.3 Å². The minimum absolute atomic E-state index is 0.0539. The zero-order valence-electron chi connectivity index (χ0n) is 16.7. The molecule has 0 radical (unpaired) electrons. The molecule has 154 valence electrons. The van der Waals surface area contributed by atoms with Gasteiger partial charge in [0.15, 0.2) is 5.78 Å². The van der Waals surface area contributed by atoms with Crippen molar-refractivity contribution < 1.29 is 9.59 Å². The molecule has 1 aromatic heterocycles. The van der Waals surface area contributed by atoms with Gasteiger partial charge in [-0.15, -0.1) is 16.2 Å². The Kier molecular flexibility index (Phi) is 7.57. The third-order valence-electron chi connectivity index (χ3n) is 4.72. The first-order chi connectivity index (χ1) is 14.6. The Morgan fingerprint density at radius 2 is 1.80 bits per heavy atom. The SMILES string of the molecule is CCc1csc(C(Cc2ccc(N=O)cc2)NC(=O)CCC(=O)c2ccccc2)n1. The highest BCUT2D eigenvalue weighted by Gasteiger charge is 2.19. The van der Waals surface area contributed by atoms with Gasteiger partial charge in [-0.3, -0.25) is 9.59 Å². The molecule has 1 heterocycles. The number of carbonyl (C=O) groups excluding carboxylic acids is 2. The fraction of sp³-hybridized carbons (Fsp3) is 0.261. The second-order valence-electron chi connectivity index (χ2n) is 6.90. The maximum Gasteiger partial charge on any atom is 0.221 e. The molecule has 7 heteroatoms. The first-order valence-corrected chi connectivity index (χ1v) is 10.7. The van der Waals surface area contributed by atoms with Crippen molar-refractivity contribution >= 4 is 28.7 Å². The summed E-state index contributed by atoms with van der Waals surface area (Å²) in [5.41, 5.74) is 2.91. The molecular weight excluding hydrogens is 398 g/mol. The van der Waals surface area contributed by atoms with Crippen LogP contribution < -0.4 is 5.32 Å². The van der Waals surface area contributed by atoms with Gasteiger partial charge in [0.05, 0.1) is 11.7 Å². The molecule has 0 aliphatic rings. The second kappa shape index (κ2) is 10.5. The van der Waals surface area contributed by atoms with Crippen LogP contribution >= 0.6 is 11.3 Å². The van der Waals surface area contributed by atoms with Gasteiger partial charge in [-0.25, -0.2) is 4.98 Å². The minimum atomic E-state index is -0.301. The molecule has 3 rings (SSSR count). The van der Waals surface area contributed by atoms with Gasteiger partial charge < -0.3 is 5.32 Å². The average Bonchev–Trinajstić information content (AvgIpc) is 3.27. The Bertz CT molecular complexity index is 1000. The van der Waals surface area contributed by atoms with Gasteiger partial charge in [0, 0.05) is 23.8 Å². The number of nitroso groups, excluding NO2 is 1. The number of aromatic nitrogens is 1. The molecule has 0 saturated carbocycles. The van der Waals surface area contributed by atoms with E-state index in [9.17, 15) is 14.5 Å². The molecule has 0 saturated heterocycles. The Hall–Kier alpha value is -3.19. The number of carbonyl (C=O) groups is 2. The summed E-state index contributed by atoms with van der Waals surface area (Å²) in [6.45, 7) is 2.03. The summed E-state index contributed by atoms with van der Waals surface area (Å²) >= 11 is 1.51. The van der Waals surface area contributed by atoms with E-state index in [1.54, 1.807) is 24.3 Å². The van der Waals surface area contributed by atoms with Gasteiger partial charge in [0.1, 0.15) is 10.7 Å². The van der Waals surface area contributed by atoms with Crippen molar-refractivity contribution in [3.05, 3.63) is 86.7 Å². The van der Waals surface area contributed by atoms with E-state index in [4.69, 9.17) is 0 Å². The number of rotatable bonds is 10. The lowest BCUT2D eigenvalue weighted by molar-refractivity contribution is -0.121. The number of thiazole rings is 1. The van der Waals surface area contributed by atoms with Crippen LogP contribution in [0.15, 0.2) is 65.2 Å². The van der Waals surface area contributed by atoms with E-state index in [1.807, 2.05) is 42.6 Å². The van der Waals surface area contributed by atoms with E-state index in [0.717, 1.165) is 22.7 Å². The number of nitrogens with zero attached hydrogens (tertiary/aromatic N) is 2. The molecule has 3 aromatic rings. The summed E-state index contributed by atoms with van der Waals surface area (Å²) in [6, 6.07) is 15.6. The van der Waals surface area contributed by atoms with Crippen molar-refractivity contribution in [1.29, 1.82) is 0 Å². The molecule has 0 aliphatic heterocycles. The number of nitrogens with one attached hydrogen (secondary N) is 1. The lowest BCUT2D eigenvalue weighted by Gasteiger charge is -2.17. The largest absolute Gasteiger partial charge is 0.347 e. The molecular formula is C23H23N3O3S. The van der Waals surface area contributed by atoms with Crippen molar-refractivity contribution in [2.45, 2.75) is 38.6 Å². The van der Waals surface area contributed by atoms with E-state index < -0.39 is 0 Å². The van der Waals surface area contributed by atoms with Crippen molar-refractivity contribution in [3.8, 4) is 0 Å². The fourth-order valence-electron chi connectivity index (χ4n) is 3.04. The zero-order valence-corrected chi connectivity index (χ0v) is 17.5. The molecule has 1 unspecified atom stereocenters. The highest BCUT2D eigenvalue weighted by Crippen LogP contribution is 2.24. The summed E-state index contributed by atoms with van der Waals surface area (Å²) in [6.07, 6.45) is 1.63. The van der Waals surface area contributed by atoms with Crippen LogP contribution in [0.2, 0.25) is 0 Å². The molecule has 6 nitrogen and oxygen atoms in total. The summed E-state index contributed by atoms with van der Waals surface area (Å²) in [4.78, 5) is 40.1. The van der Waals surface area contributed by atoms with Gasteiger partial charge in [-0.05, 0) is 35.7 Å². The Morgan fingerprint density at radius 3 is 2.43 bits per heavy atom. The van der Waals surface area contributed by atoms with Crippen LogP contribution in [0.3, 0.4) is 0 Å². The Balaban J connectivity index is 1.67. The predicted molar refractivity (Wildman–Crippen MR) is 118 cm³/mol. The number of amides is 1. The average molecular weight is 422 g/mol. The van der Waals surface area contributed by atoms with Gasteiger partial charge in [-0.2, -0.15) is 0 Å². The molecule has 0 bridgehead atoms. The van der Waals surface area contributed by atoms with Gasteiger partial charge in [0.2, 0.25) is 5.91 Å². The lowest BCUT2D eigenvalue weighted by Crippen LogP contribution is -2.30. The molecule has 0 fully saturated rings. The van der Waals surface area contributed by atoms with E-state index in [-0.39, 0.29) is 30.6 Å². The third kappa shape index (κ3) is 5.90. The van der Waals surface area contributed by atoms with Crippen molar-refractivity contribution in [3.63, 3.8) is 0 Å². The zero-order chi connectivity index (χ0) is 21.3. The number of Topliss-reactive ketones (excluding diaryl/α,β-unsaturated/α-hetero) is 1. The Morgan fingerprint density at radius 1 is 1.07 bits per heavy atom. The minimum Gasteiger partial charge on any atom is -0.347 e. The number of ketones is 1. The summed E-state index contributed by atoms with van der Waals surface area (Å²) in [7, 11) is 0. The maximum absolute atomic E-state index is 12.6. The highest BCUT2D eigenvalue weighted by molar-refractivity contribution is 7.09. The molecule has 2 aromatic carbocycles. The van der Waals surface area contributed by atoms with E-state index in [2.05, 4.69) is 15.5 Å². The van der Waals surface area contributed by atoms with E-state index in [0.29, 0.717) is 17.7 Å². The number of aryl methyl sites for hydroxylation is 1. The van der Waals surface area contributed by atoms with Crippen LogP contribution in [-0.4, -0.2) is 16.7 Å². The van der Waals surface area contributed by atoms with Gasteiger partial charge >= 0.3 is 0 Å². The van der Waals surface area contributed by atoms with Gasteiger partial charge in [-0.1, -0.05) is 49.4 Å². The number of hydrogen-bond acceptors (Lipinski definition) is 6. The van der Waals surface area contributed by atoms with Crippen LogP contribution in [0.5, 0.6) is 0 Å². The third-order valence-corrected chi connectivity index (χ3v) is 5.73. The second-order valence-corrected chi connectivity index (χ2v) is 7.79. The first kappa shape index (κ1) is 21.5. The maximum atomic E-state index is 12.6. The van der Waals surface area contributed by atoms with Crippen LogP contribution in [0, 0.1) is 4.91 Å². The Labute approximate surface area is 179 Å². The smallest absolute Gasteiger partial charge is 0.221 e. The van der Waals surface area contributed by atoms with Gasteiger partial charge in [0.25, 0.3) is 0 Å². The number of benzene rings is 2. The predicted octanol–water partition coefficient (Wildman–Crippen LogP) is 5.17. The van der Waals surface area contributed by atoms with Crippen LogP contribution in [-0.2, 0) is 17.6 Å². The molecule has 0 aliphatic carbocycles. The van der Waals surface area contributed by atoms with Crippen LogP contribution in [0.25, 0.3) is 0 Å². The standard InChI is InChI=1S/C23H23N3O3S/c1-2-18-15-30-23(24-18)20(14-16-8-10-19(26-29)11-9-16)25-22(28)13-12-21(27)17-6-4-3-5-7-17/h3-11,15,20H,2,12-14H2,1H3,(H,25,28). The topological polar surface area (TPSA) is 88.5 Å². The monoisotopic (exact) mass is 421 g/mol. The van der Waals surface area contributed by atoms with Crippen LogP contribution in [0.4, 0.5) is 5.69 Å². The van der Waals surface area contributed by atoms with E-state index >= 15 is 0 Å². The normalized spacial score (nSPS) is 11.6. The summed E-state index contributed by atoms with van der Waals surface area (Å²) in [5, 5.41) is 8.76. The summed E-state index contributed by atoms with van der Waals surface area (Å²) in [5.74, 6) is -0.245. The lowest BCUT2D eigenvalue weighted by atomic mass is 10.0. The van der Waals surface area contributed by atoms with Crippen molar-refractivity contribution in [2.24, 2.45) is 5.18 Å². The molecule has 0 spiro atoms. The molecule has 1 amide bonds. The first-order valence-electron chi connectivity index (χ1n) is 9.83. The van der Waals surface area contributed by atoms with Crippen molar-refractivity contribution in [2.75, 3.05) is 0 Å². The van der Waals surface area contributed by atoms with E-state index in [1.165, 1.54) is 11.3 Å². The quantitative estimate of drug-likeness (QED) is 0.361. The fourth-order valence-corrected chi connectivity index (χ4v) is 3.99. The van der Waals surface area contributed by atoms with Crippen LogP contribution in [0.1, 0.15) is 52.4 Å². The number of hydrogen-bond donors (Lipinski definition) is 1. The molecule has 30 heavy (non-hydrogen) atoms. The molecule has 1 N–H and O–H groups in total.